The van der Waals surface area contributed by atoms with Crippen LogP contribution in [0.4, 0.5) is 17.1 Å². The zero-order valence-corrected chi connectivity index (χ0v) is 9.96. The third-order valence-electron chi connectivity index (χ3n) is 2.26. The topological polar surface area (TPSA) is 111 Å². The van der Waals surface area contributed by atoms with Gasteiger partial charge in [-0.15, -0.1) is 0 Å². The molecule has 0 saturated carbocycles. The molecule has 0 atom stereocenters. The molecule has 0 fully saturated rings. The second-order valence-corrected chi connectivity index (χ2v) is 3.64. The fourth-order valence-electron chi connectivity index (χ4n) is 1.39. The van der Waals surface area contributed by atoms with Crippen molar-refractivity contribution in [3.8, 4) is 0 Å². The van der Waals surface area contributed by atoms with Crippen molar-refractivity contribution in [1.29, 1.82) is 0 Å². The monoisotopic (exact) mass is 255 g/mol. The van der Waals surface area contributed by atoms with Crippen LogP contribution in [-0.4, -0.2) is 36.4 Å². The van der Waals surface area contributed by atoms with Crippen molar-refractivity contribution in [3.63, 3.8) is 0 Å². The summed E-state index contributed by atoms with van der Waals surface area (Å²) in [5.41, 5.74) is 6.68. The molecule has 0 heterocycles. The van der Waals surface area contributed by atoms with Gasteiger partial charge in [0, 0.05) is 25.3 Å². The number of aliphatic hydroxyl groups excluding tert-OH is 1. The maximum absolute atomic E-state index is 10.5. The quantitative estimate of drug-likeness (QED) is 0.276. The minimum Gasteiger partial charge on any atom is -0.397 e. The summed E-state index contributed by atoms with van der Waals surface area (Å²) in [4.78, 5) is 10.0. The molecular weight excluding hydrogens is 238 g/mol. The molecule has 100 valence electrons. The zero-order valence-electron chi connectivity index (χ0n) is 9.96. The number of benzene rings is 1. The summed E-state index contributed by atoms with van der Waals surface area (Å²) < 4.78 is 5.09. The molecular formula is C11H17N3O4. The smallest absolute Gasteiger partial charge is 0.271 e. The third kappa shape index (κ3) is 4.56. The van der Waals surface area contributed by atoms with Crippen molar-refractivity contribution in [2.45, 2.75) is 6.42 Å². The van der Waals surface area contributed by atoms with E-state index in [4.69, 9.17) is 15.6 Å². The van der Waals surface area contributed by atoms with Gasteiger partial charge < -0.3 is 20.9 Å². The molecule has 0 aliphatic heterocycles. The predicted molar refractivity (Wildman–Crippen MR) is 68.5 cm³/mol. The van der Waals surface area contributed by atoms with E-state index in [0.717, 1.165) is 6.42 Å². The molecule has 0 radical (unpaired) electrons. The number of nitrogen functional groups attached to an aromatic ring is 1. The largest absolute Gasteiger partial charge is 0.397 e. The number of nitrogens with one attached hydrogen (secondary N) is 1. The molecule has 0 aliphatic carbocycles. The Hall–Kier alpha value is -1.86. The van der Waals surface area contributed by atoms with Crippen molar-refractivity contribution >= 4 is 17.1 Å². The van der Waals surface area contributed by atoms with Gasteiger partial charge in [-0.2, -0.15) is 0 Å². The molecule has 0 amide bonds. The first-order valence-electron chi connectivity index (χ1n) is 5.61. The summed E-state index contributed by atoms with van der Waals surface area (Å²) in [5, 5.41) is 22.1. The van der Waals surface area contributed by atoms with Crippen molar-refractivity contribution in [3.05, 3.63) is 28.3 Å². The highest BCUT2D eigenvalue weighted by atomic mass is 16.6. The summed E-state index contributed by atoms with van der Waals surface area (Å²) in [7, 11) is 0. The summed E-state index contributed by atoms with van der Waals surface area (Å²) in [5.74, 6) is 0. The average molecular weight is 255 g/mol. The standard InChI is InChI=1S/C11H17N3O4/c12-10-8-9(14(16)17)2-3-11(10)13-4-1-6-18-7-5-15/h2-3,8,13,15H,1,4-7,12H2. The fraction of sp³-hybridized carbons (Fsp3) is 0.455. The first-order valence-corrected chi connectivity index (χ1v) is 5.61. The molecule has 7 nitrogen and oxygen atoms in total. The van der Waals surface area contributed by atoms with Gasteiger partial charge in [-0.05, 0) is 12.5 Å². The summed E-state index contributed by atoms with van der Waals surface area (Å²) in [6, 6.07) is 4.31. The molecule has 0 unspecified atom stereocenters. The van der Waals surface area contributed by atoms with Gasteiger partial charge in [0.25, 0.3) is 5.69 Å². The number of hydrogen-bond donors (Lipinski definition) is 3. The maximum atomic E-state index is 10.5. The molecule has 0 aliphatic rings. The lowest BCUT2D eigenvalue weighted by Crippen LogP contribution is -2.08. The van der Waals surface area contributed by atoms with Crippen LogP contribution < -0.4 is 11.1 Å². The molecule has 1 rings (SSSR count). The number of nitro benzene ring substituents is 1. The second-order valence-electron chi connectivity index (χ2n) is 3.64. The van der Waals surface area contributed by atoms with Crippen LogP contribution in [0.25, 0.3) is 0 Å². The molecule has 0 aromatic heterocycles. The Morgan fingerprint density at radius 1 is 1.44 bits per heavy atom. The Bertz CT molecular complexity index is 398. The van der Waals surface area contributed by atoms with Crippen molar-refractivity contribution in [1.82, 2.24) is 0 Å². The molecule has 0 spiro atoms. The lowest BCUT2D eigenvalue weighted by molar-refractivity contribution is -0.384. The number of nitro groups is 1. The average Bonchev–Trinajstić information content (AvgIpc) is 2.35. The summed E-state index contributed by atoms with van der Waals surface area (Å²) in [6.45, 7) is 1.54. The minimum absolute atomic E-state index is 0.0166. The minimum atomic E-state index is -0.483. The highest BCUT2D eigenvalue weighted by Gasteiger charge is 2.07. The van der Waals surface area contributed by atoms with Gasteiger partial charge in [0.15, 0.2) is 0 Å². The first kappa shape index (κ1) is 14.2. The number of nitrogens with zero attached hydrogens (tertiary/aromatic N) is 1. The van der Waals surface area contributed by atoms with Crippen molar-refractivity contribution < 1.29 is 14.8 Å². The summed E-state index contributed by atoms with van der Waals surface area (Å²) in [6.07, 6.45) is 0.760. The number of hydrogen-bond acceptors (Lipinski definition) is 6. The van der Waals surface area contributed by atoms with Crippen LogP contribution in [0.1, 0.15) is 6.42 Å². The van der Waals surface area contributed by atoms with Crippen molar-refractivity contribution in [2.24, 2.45) is 0 Å². The van der Waals surface area contributed by atoms with E-state index in [1.165, 1.54) is 12.1 Å². The van der Waals surface area contributed by atoms with E-state index < -0.39 is 4.92 Å². The van der Waals surface area contributed by atoms with E-state index in [2.05, 4.69) is 5.32 Å². The maximum Gasteiger partial charge on any atom is 0.271 e. The first-order chi connectivity index (χ1) is 8.65. The van der Waals surface area contributed by atoms with Crippen LogP contribution in [0.3, 0.4) is 0 Å². The van der Waals surface area contributed by atoms with Gasteiger partial charge in [-0.25, -0.2) is 0 Å². The Morgan fingerprint density at radius 3 is 2.83 bits per heavy atom. The Kier molecular flexibility index (Phi) is 5.89. The predicted octanol–water partition coefficient (Wildman–Crippen LogP) is 0.988. The Labute approximate surface area is 105 Å². The molecule has 1 aromatic rings. The molecule has 0 bridgehead atoms. The van der Waals surface area contributed by atoms with Crippen LogP contribution in [0.5, 0.6) is 0 Å². The molecule has 0 saturated heterocycles. The van der Waals surface area contributed by atoms with Gasteiger partial charge in [-0.3, -0.25) is 10.1 Å². The fourth-order valence-corrected chi connectivity index (χ4v) is 1.39. The lowest BCUT2D eigenvalue weighted by Gasteiger charge is -2.09. The number of non-ortho nitro benzene ring substituents is 1. The Morgan fingerprint density at radius 2 is 2.22 bits per heavy atom. The summed E-state index contributed by atoms with van der Waals surface area (Å²) >= 11 is 0. The van der Waals surface area contributed by atoms with Gasteiger partial charge in [0.1, 0.15) is 0 Å². The van der Waals surface area contributed by atoms with Crippen LogP contribution in [0.2, 0.25) is 0 Å². The van der Waals surface area contributed by atoms with Crippen LogP contribution in [-0.2, 0) is 4.74 Å². The van der Waals surface area contributed by atoms with Crippen LogP contribution >= 0.6 is 0 Å². The molecule has 7 heteroatoms. The molecule has 4 N–H and O–H groups in total. The van der Waals surface area contributed by atoms with E-state index in [9.17, 15) is 10.1 Å². The van der Waals surface area contributed by atoms with Crippen molar-refractivity contribution in [2.75, 3.05) is 37.4 Å². The number of nitrogens with two attached hydrogens (primary N) is 1. The van der Waals surface area contributed by atoms with Crippen LogP contribution in [0, 0.1) is 10.1 Å². The van der Waals surface area contributed by atoms with Gasteiger partial charge >= 0.3 is 0 Å². The van der Waals surface area contributed by atoms with Gasteiger partial charge in [0.2, 0.25) is 0 Å². The van der Waals surface area contributed by atoms with Gasteiger partial charge in [-0.1, -0.05) is 0 Å². The second kappa shape index (κ2) is 7.46. The molecule has 1 aromatic carbocycles. The zero-order chi connectivity index (χ0) is 13.4. The number of anilines is 2. The number of aliphatic hydroxyl groups is 1. The van der Waals surface area contributed by atoms with Crippen LogP contribution in [0.15, 0.2) is 18.2 Å². The molecule has 18 heavy (non-hydrogen) atoms. The van der Waals surface area contributed by atoms with Gasteiger partial charge in [0.05, 0.1) is 29.5 Å². The highest BCUT2D eigenvalue weighted by Crippen LogP contribution is 2.23. The van der Waals surface area contributed by atoms with E-state index in [1.807, 2.05) is 0 Å². The SMILES string of the molecule is Nc1cc([N+](=O)[O-])ccc1NCCCOCCO. The van der Waals surface area contributed by atoms with E-state index in [-0.39, 0.29) is 12.3 Å². The lowest BCUT2D eigenvalue weighted by atomic mass is 10.2. The third-order valence-corrected chi connectivity index (χ3v) is 2.26. The normalized spacial score (nSPS) is 10.3. The van der Waals surface area contributed by atoms with E-state index in [0.29, 0.717) is 31.1 Å². The number of rotatable bonds is 8. The van der Waals surface area contributed by atoms with E-state index >= 15 is 0 Å². The Balaban J connectivity index is 2.36. The highest BCUT2D eigenvalue weighted by molar-refractivity contribution is 5.69. The van der Waals surface area contributed by atoms with E-state index in [1.54, 1.807) is 6.07 Å². The number of ether oxygens (including phenoxy) is 1.